The zero-order chi connectivity index (χ0) is 22.2. The molecule has 11 heteroatoms. The number of aromatic nitrogens is 3. The number of hydrogen-bond acceptors (Lipinski definition) is 6. The van der Waals surface area contributed by atoms with Crippen LogP contribution >= 0.6 is 0 Å². The van der Waals surface area contributed by atoms with Gasteiger partial charge in [0.05, 0.1) is 16.3 Å². The van der Waals surface area contributed by atoms with Crippen molar-refractivity contribution in [2.75, 3.05) is 24.2 Å². The van der Waals surface area contributed by atoms with Gasteiger partial charge in [-0.25, -0.2) is 18.4 Å². The SMILES string of the molecule is CCS(=O)(=O)c1ccc2c(-c3nc(N[C@H]4CCCNC4)ncc3C(F)(F)F)c[nH]c2c1. The van der Waals surface area contributed by atoms with Gasteiger partial charge in [-0.05, 0) is 31.5 Å². The number of anilines is 1. The first kappa shape index (κ1) is 21.6. The van der Waals surface area contributed by atoms with Crippen LogP contribution in [0.1, 0.15) is 25.3 Å². The minimum absolute atomic E-state index is 0.0307. The van der Waals surface area contributed by atoms with Crippen molar-refractivity contribution in [3.63, 3.8) is 0 Å². The van der Waals surface area contributed by atoms with Gasteiger partial charge in [-0.3, -0.25) is 0 Å². The maximum absolute atomic E-state index is 13.7. The second-order valence-corrected chi connectivity index (χ2v) is 9.73. The van der Waals surface area contributed by atoms with Crippen LogP contribution < -0.4 is 10.6 Å². The topological polar surface area (TPSA) is 99.8 Å². The van der Waals surface area contributed by atoms with Gasteiger partial charge in [0.25, 0.3) is 0 Å². The molecule has 0 spiro atoms. The average molecular weight is 453 g/mol. The molecule has 2 aromatic heterocycles. The monoisotopic (exact) mass is 453 g/mol. The lowest BCUT2D eigenvalue weighted by Gasteiger charge is -2.24. The number of sulfone groups is 1. The molecule has 166 valence electrons. The Kier molecular flexibility index (Phi) is 5.65. The molecule has 31 heavy (non-hydrogen) atoms. The predicted octanol–water partition coefficient (Wildman–Crippen LogP) is 3.60. The molecule has 1 saturated heterocycles. The second kappa shape index (κ2) is 8.12. The minimum atomic E-state index is -4.64. The van der Waals surface area contributed by atoms with E-state index in [0.29, 0.717) is 17.4 Å². The third-order valence-corrected chi connectivity index (χ3v) is 7.10. The Balaban J connectivity index is 1.79. The first-order valence-electron chi connectivity index (χ1n) is 9.95. The number of aromatic amines is 1. The zero-order valence-corrected chi connectivity index (χ0v) is 17.6. The average Bonchev–Trinajstić information content (AvgIpc) is 3.17. The summed E-state index contributed by atoms with van der Waals surface area (Å²) in [4.78, 5) is 11.1. The summed E-state index contributed by atoms with van der Waals surface area (Å²) < 4.78 is 65.4. The van der Waals surface area contributed by atoms with E-state index < -0.39 is 21.6 Å². The molecular weight excluding hydrogens is 431 g/mol. The van der Waals surface area contributed by atoms with Crippen LogP contribution in [0.2, 0.25) is 0 Å². The van der Waals surface area contributed by atoms with E-state index in [9.17, 15) is 21.6 Å². The smallest absolute Gasteiger partial charge is 0.360 e. The molecule has 1 aliphatic rings. The van der Waals surface area contributed by atoms with Crippen molar-refractivity contribution in [2.24, 2.45) is 0 Å². The number of nitrogens with zero attached hydrogens (tertiary/aromatic N) is 2. The first-order valence-corrected chi connectivity index (χ1v) is 11.6. The Bertz CT molecular complexity index is 1200. The largest absolute Gasteiger partial charge is 0.419 e. The standard InChI is InChI=1S/C20H22F3N5O2S/c1-2-31(29,30)13-5-6-14-15(10-25-17(14)8-13)18-16(20(21,22)23)11-26-19(28-18)27-12-4-3-7-24-9-12/h5-6,8,10-12,24-25H,2-4,7,9H2,1H3,(H,26,27,28)/t12-/m0/s1. The molecule has 1 atom stereocenters. The van der Waals surface area contributed by atoms with Crippen LogP contribution in [-0.2, 0) is 16.0 Å². The van der Waals surface area contributed by atoms with Crippen LogP contribution in [0, 0.1) is 0 Å². The number of piperidine rings is 1. The van der Waals surface area contributed by atoms with E-state index in [1.165, 1.54) is 31.3 Å². The molecule has 0 bridgehead atoms. The summed E-state index contributed by atoms with van der Waals surface area (Å²) in [5.74, 6) is 0.0533. The van der Waals surface area contributed by atoms with Gasteiger partial charge in [-0.1, -0.05) is 13.0 Å². The normalized spacial score (nSPS) is 17.7. The molecule has 7 nitrogen and oxygen atoms in total. The summed E-state index contributed by atoms with van der Waals surface area (Å²) in [7, 11) is -3.44. The molecule has 3 aromatic rings. The molecule has 0 amide bonds. The Labute approximate surface area is 177 Å². The fourth-order valence-electron chi connectivity index (χ4n) is 3.68. The summed E-state index contributed by atoms with van der Waals surface area (Å²) in [6.07, 6.45) is -0.618. The van der Waals surface area contributed by atoms with Gasteiger partial charge in [0, 0.05) is 41.4 Å². The highest BCUT2D eigenvalue weighted by Gasteiger charge is 2.36. The molecule has 3 heterocycles. The quantitative estimate of drug-likeness (QED) is 0.546. The summed E-state index contributed by atoms with van der Waals surface area (Å²) in [5.41, 5.74) is -0.561. The first-order chi connectivity index (χ1) is 14.7. The van der Waals surface area contributed by atoms with Crippen molar-refractivity contribution < 1.29 is 21.6 Å². The molecule has 1 fully saturated rings. The predicted molar refractivity (Wildman–Crippen MR) is 112 cm³/mol. The van der Waals surface area contributed by atoms with Crippen LogP contribution in [0.5, 0.6) is 0 Å². The zero-order valence-electron chi connectivity index (χ0n) is 16.8. The molecule has 0 saturated carbocycles. The third kappa shape index (κ3) is 4.38. The molecule has 0 radical (unpaired) electrons. The van der Waals surface area contributed by atoms with Gasteiger partial charge < -0.3 is 15.6 Å². The van der Waals surface area contributed by atoms with E-state index in [2.05, 4.69) is 25.6 Å². The molecule has 3 N–H and O–H groups in total. The summed E-state index contributed by atoms with van der Waals surface area (Å²) >= 11 is 0. The summed E-state index contributed by atoms with van der Waals surface area (Å²) in [6.45, 7) is 3.12. The molecular formula is C20H22F3N5O2S. The van der Waals surface area contributed by atoms with E-state index >= 15 is 0 Å². The van der Waals surface area contributed by atoms with Crippen LogP contribution in [0.25, 0.3) is 22.2 Å². The number of alkyl halides is 3. The minimum Gasteiger partial charge on any atom is -0.360 e. The lowest BCUT2D eigenvalue weighted by molar-refractivity contribution is -0.137. The van der Waals surface area contributed by atoms with Crippen molar-refractivity contribution >= 4 is 26.7 Å². The van der Waals surface area contributed by atoms with E-state index in [4.69, 9.17) is 0 Å². The lowest BCUT2D eigenvalue weighted by Crippen LogP contribution is -2.38. The highest BCUT2D eigenvalue weighted by Crippen LogP contribution is 2.39. The van der Waals surface area contributed by atoms with Crippen molar-refractivity contribution in [2.45, 2.75) is 36.9 Å². The summed E-state index contributed by atoms with van der Waals surface area (Å²) in [6, 6.07) is 4.37. The van der Waals surface area contributed by atoms with Gasteiger partial charge in [0.15, 0.2) is 9.84 Å². The van der Waals surface area contributed by atoms with Crippen LogP contribution in [0.3, 0.4) is 0 Å². The Morgan fingerprint density at radius 3 is 2.77 bits per heavy atom. The number of nitrogens with one attached hydrogen (secondary N) is 3. The molecule has 0 unspecified atom stereocenters. The Morgan fingerprint density at radius 1 is 1.29 bits per heavy atom. The van der Waals surface area contributed by atoms with Crippen molar-refractivity contribution in [3.05, 3.63) is 36.2 Å². The lowest BCUT2D eigenvalue weighted by atomic mass is 10.1. The number of H-pyrrole nitrogens is 1. The maximum Gasteiger partial charge on any atom is 0.419 e. The second-order valence-electron chi connectivity index (χ2n) is 7.45. The number of halogens is 3. The van der Waals surface area contributed by atoms with Crippen molar-refractivity contribution in [1.82, 2.24) is 20.3 Å². The number of rotatable bonds is 5. The van der Waals surface area contributed by atoms with Gasteiger partial charge in [-0.2, -0.15) is 13.2 Å². The fraction of sp³-hybridized carbons (Fsp3) is 0.400. The molecule has 1 aromatic carbocycles. The highest BCUT2D eigenvalue weighted by molar-refractivity contribution is 7.91. The number of hydrogen-bond donors (Lipinski definition) is 3. The van der Waals surface area contributed by atoms with Gasteiger partial charge >= 0.3 is 6.18 Å². The van der Waals surface area contributed by atoms with E-state index in [0.717, 1.165) is 25.6 Å². The fourth-order valence-corrected chi connectivity index (χ4v) is 4.59. The Morgan fingerprint density at radius 2 is 2.10 bits per heavy atom. The van der Waals surface area contributed by atoms with Crippen molar-refractivity contribution in [3.8, 4) is 11.3 Å². The summed E-state index contributed by atoms with van der Waals surface area (Å²) in [5, 5.41) is 6.78. The van der Waals surface area contributed by atoms with Crippen LogP contribution in [0.15, 0.2) is 35.5 Å². The van der Waals surface area contributed by atoms with E-state index in [-0.39, 0.29) is 33.9 Å². The van der Waals surface area contributed by atoms with Gasteiger partial charge in [-0.15, -0.1) is 0 Å². The van der Waals surface area contributed by atoms with E-state index in [1.54, 1.807) is 0 Å². The molecule has 1 aliphatic heterocycles. The highest BCUT2D eigenvalue weighted by atomic mass is 32.2. The Hall–Kier alpha value is -2.66. The molecule has 0 aliphatic carbocycles. The van der Waals surface area contributed by atoms with Crippen molar-refractivity contribution in [1.29, 1.82) is 0 Å². The number of fused-ring (bicyclic) bond motifs is 1. The maximum atomic E-state index is 13.7. The van der Waals surface area contributed by atoms with Gasteiger partial charge in [0.1, 0.15) is 5.56 Å². The van der Waals surface area contributed by atoms with Gasteiger partial charge in [0.2, 0.25) is 5.95 Å². The third-order valence-electron chi connectivity index (χ3n) is 5.37. The number of benzene rings is 1. The van der Waals surface area contributed by atoms with E-state index in [1.807, 2.05) is 0 Å². The van der Waals surface area contributed by atoms with Crippen LogP contribution in [0.4, 0.5) is 19.1 Å². The van der Waals surface area contributed by atoms with Crippen LogP contribution in [-0.4, -0.2) is 48.3 Å². The molecule has 4 rings (SSSR count).